The predicted molar refractivity (Wildman–Crippen MR) is 197 cm³/mol. The van der Waals surface area contributed by atoms with E-state index in [-0.39, 0.29) is 23.6 Å². The Balaban J connectivity index is 1.18. The number of carbonyl (C=O) groups excluding carboxylic acids is 2. The number of amides is 2. The second-order valence-corrected chi connectivity index (χ2v) is 14.0. The fraction of sp³-hybridized carbons (Fsp3) is 0.293. The Labute approximate surface area is 303 Å². The van der Waals surface area contributed by atoms with Gasteiger partial charge in [-0.25, -0.2) is 0 Å². The van der Waals surface area contributed by atoms with Gasteiger partial charge in [-0.2, -0.15) is 0 Å². The third-order valence-corrected chi connectivity index (χ3v) is 10.6. The molecule has 4 aliphatic heterocycles. The summed E-state index contributed by atoms with van der Waals surface area (Å²) in [6.07, 6.45) is 10.0. The van der Waals surface area contributed by atoms with Gasteiger partial charge in [-0.3, -0.25) is 24.4 Å². The number of phenols is 1. The van der Waals surface area contributed by atoms with E-state index in [4.69, 9.17) is 16.3 Å². The number of hydrogen-bond donors (Lipinski definition) is 1. The predicted octanol–water partition coefficient (Wildman–Crippen LogP) is 6.66. The highest BCUT2D eigenvalue weighted by Crippen LogP contribution is 2.43. The van der Waals surface area contributed by atoms with E-state index in [2.05, 4.69) is 39.1 Å². The molecule has 1 N–H and O–H groups in total. The van der Waals surface area contributed by atoms with Gasteiger partial charge in [0.2, 0.25) is 5.91 Å². The lowest BCUT2D eigenvalue weighted by Gasteiger charge is -2.41. The minimum absolute atomic E-state index is 0.00953. The second-order valence-electron chi connectivity index (χ2n) is 13.5. The molecule has 0 spiro atoms. The summed E-state index contributed by atoms with van der Waals surface area (Å²) in [6, 6.07) is 24.1. The van der Waals surface area contributed by atoms with Gasteiger partial charge in [0.05, 0.1) is 31.0 Å². The number of hydrogen-bond acceptors (Lipinski definition) is 7. The first-order valence-electron chi connectivity index (χ1n) is 17.6. The van der Waals surface area contributed by atoms with Gasteiger partial charge in [0, 0.05) is 78.2 Å². The number of aromatic hydroxyl groups is 1. The van der Waals surface area contributed by atoms with Crippen LogP contribution in [0.25, 0.3) is 5.70 Å². The molecule has 5 heterocycles. The Morgan fingerprint density at radius 3 is 2.53 bits per heavy atom. The average molecular weight is 702 g/mol. The number of fused-ring (bicyclic) bond motifs is 2. The van der Waals surface area contributed by atoms with Gasteiger partial charge in [0.15, 0.2) is 0 Å². The zero-order valence-corrected chi connectivity index (χ0v) is 29.1. The van der Waals surface area contributed by atoms with Crippen molar-refractivity contribution < 1.29 is 19.4 Å². The molecule has 0 bridgehead atoms. The van der Waals surface area contributed by atoms with E-state index in [1.807, 2.05) is 35.2 Å². The lowest BCUT2D eigenvalue weighted by Crippen LogP contribution is -2.52. The number of aromatic nitrogens is 1. The highest BCUT2D eigenvalue weighted by Gasteiger charge is 2.40. The summed E-state index contributed by atoms with van der Waals surface area (Å²) in [6.45, 7) is 5.09. The van der Waals surface area contributed by atoms with Crippen LogP contribution in [0.4, 0.5) is 11.4 Å². The van der Waals surface area contributed by atoms with Crippen LogP contribution in [0.5, 0.6) is 5.75 Å². The van der Waals surface area contributed by atoms with Gasteiger partial charge in [0.25, 0.3) is 5.91 Å². The third-order valence-electron chi connectivity index (χ3n) is 10.4. The molecular weight excluding hydrogens is 662 g/mol. The number of benzene rings is 3. The zero-order valence-electron chi connectivity index (χ0n) is 28.3. The summed E-state index contributed by atoms with van der Waals surface area (Å²) in [5.41, 5.74) is 6.67. The van der Waals surface area contributed by atoms with Crippen molar-refractivity contribution in [3.8, 4) is 5.75 Å². The number of carbonyl (C=O) groups is 2. The number of allylic oxidation sites excluding steroid dienone is 1. The molecule has 4 aliphatic rings. The summed E-state index contributed by atoms with van der Waals surface area (Å²) in [5, 5.41) is 10.5. The molecule has 0 aliphatic carbocycles. The number of ether oxygens (including phenoxy) is 1. The summed E-state index contributed by atoms with van der Waals surface area (Å²) < 4.78 is 5.62. The maximum Gasteiger partial charge on any atom is 0.255 e. The van der Waals surface area contributed by atoms with Crippen molar-refractivity contribution in [2.24, 2.45) is 5.92 Å². The van der Waals surface area contributed by atoms with Crippen molar-refractivity contribution in [3.05, 3.63) is 136 Å². The lowest BCUT2D eigenvalue weighted by molar-refractivity contribution is -0.119. The van der Waals surface area contributed by atoms with Crippen molar-refractivity contribution in [1.29, 1.82) is 0 Å². The Kier molecular flexibility index (Phi) is 9.34. The normalized spacial score (nSPS) is 20.3. The molecule has 260 valence electrons. The molecular formula is C41H40ClN5O4. The van der Waals surface area contributed by atoms with Gasteiger partial charge in [-0.1, -0.05) is 41.9 Å². The first-order chi connectivity index (χ1) is 24.9. The van der Waals surface area contributed by atoms with Gasteiger partial charge >= 0.3 is 0 Å². The Morgan fingerprint density at radius 2 is 1.75 bits per heavy atom. The van der Waals surface area contributed by atoms with Crippen LogP contribution in [-0.4, -0.2) is 82.0 Å². The number of morpholine rings is 1. The number of halogens is 1. The van der Waals surface area contributed by atoms with Crippen molar-refractivity contribution in [1.82, 2.24) is 19.7 Å². The van der Waals surface area contributed by atoms with E-state index in [1.165, 1.54) is 5.56 Å². The second kappa shape index (κ2) is 14.3. The molecule has 9 nitrogen and oxygen atoms in total. The molecule has 3 aromatic carbocycles. The molecule has 1 aromatic heterocycles. The molecule has 2 atom stereocenters. The van der Waals surface area contributed by atoms with Gasteiger partial charge in [-0.05, 0) is 91.1 Å². The average Bonchev–Trinajstić information content (AvgIpc) is 3.56. The van der Waals surface area contributed by atoms with Crippen molar-refractivity contribution in [2.45, 2.75) is 31.8 Å². The largest absolute Gasteiger partial charge is 0.508 e. The van der Waals surface area contributed by atoms with Gasteiger partial charge in [0.1, 0.15) is 5.75 Å². The first-order valence-corrected chi connectivity index (χ1v) is 18.0. The summed E-state index contributed by atoms with van der Waals surface area (Å²) in [4.78, 5) is 42.2. The SMILES string of the molecule is O=C(C1C=C(c2cc(Cl)ccc2C(=O)N2Cc3ccccc3C[C@H]2CN2CCOCC2)N2CCCC=C12)N(c1ccc(O)cc1)c1cccnc1. The van der Waals surface area contributed by atoms with Crippen LogP contribution in [0.3, 0.4) is 0 Å². The number of rotatable bonds is 7. The fourth-order valence-electron chi connectivity index (χ4n) is 7.83. The van der Waals surface area contributed by atoms with Crippen LogP contribution in [0.15, 0.2) is 109 Å². The van der Waals surface area contributed by atoms with Crippen LogP contribution in [0, 0.1) is 5.92 Å². The van der Waals surface area contributed by atoms with Crippen LogP contribution >= 0.6 is 11.6 Å². The molecule has 0 radical (unpaired) electrons. The Hall–Kier alpha value is -4.96. The van der Waals surface area contributed by atoms with Crippen LogP contribution < -0.4 is 4.90 Å². The van der Waals surface area contributed by atoms with Crippen LogP contribution in [0.2, 0.25) is 5.02 Å². The highest BCUT2D eigenvalue weighted by atomic mass is 35.5. The monoisotopic (exact) mass is 701 g/mol. The smallest absolute Gasteiger partial charge is 0.255 e. The zero-order chi connectivity index (χ0) is 34.9. The highest BCUT2D eigenvalue weighted by molar-refractivity contribution is 6.31. The summed E-state index contributed by atoms with van der Waals surface area (Å²) >= 11 is 6.70. The standard InChI is InChI=1S/C41H40ClN5O4/c42-30-10-15-35(40(49)46-26-29-7-2-1-6-28(29)22-33(46)27-44-18-20-51-21-19-44)36(23-30)39-24-37(38-9-3-4-17-45(38)39)41(50)47(32-8-5-16-43-25-32)31-11-13-34(48)14-12-31/h1-2,5-16,23-25,33,37,48H,3-4,17-22,26-27H2/t33-,37?/m0/s1. The third kappa shape index (κ3) is 6.65. The number of anilines is 2. The minimum atomic E-state index is -0.618. The summed E-state index contributed by atoms with van der Waals surface area (Å²) in [5.74, 6) is -0.708. The molecule has 51 heavy (non-hydrogen) atoms. The number of nitrogens with zero attached hydrogens (tertiary/aromatic N) is 5. The van der Waals surface area contributed by atoms with Gasteiger partial charge < -0.3 is 19.6 Å². The maximum absolute atomic E-state index is 14.9. The Morgan fingerprint density at radius 1 is 0.941 bits per heavy atom. The van der Waals surface area contributed by atoms with E-state index in [0.29, 0.717) is 48.3 Å². The van der Waals surface area contributed by atoms with Crippen molar-refractivity contribution >= 4 is 40.5 Å². The quantitative estimate of drug-likeness (QED) is 0.231. The molecule has 2 amide bonds. The molecule has 1 unspecified atom stereocenters. The minimum Gasteiger partial charge on any atom is -0.508 e. The summed E-state index contributed by atoms with van der Waals surface area (Å²) in [7, 11) is 0. The molecule has 4 aromatic rings. The molecule has 10 heteroatoms. The molecule has 1 saturated heterocycles. The van der Waals surface area contributed by atoms with Crippen molar-refractivity contribution in [3.63, 3.8) is 0 Å². The fourth-order valence-corrected chi connectivity index (χ4v) is 8.00. The van der Waals surface area contributed by atoms with Crippen molar-refractivity contribution in [2.75, 3.05) is 44.3 Å². The molecule has 0 saturated carbocycles. The van der Waals surface area contributed by atoms with Crippen LogP contribution in [-0.2, 0) is 22.5 Å². The molecule has 8 rings (SSSR count). The first kappa shape index (κ1) is 33.2. The van der Waals surface area contributed by atoms with E-state index >= 15 is 0 Å². The van der Waals surface area contributed by atoms with E-state index in [9.17, 15) is 14.7 Å². The van der Waals surface area contributed by atoms with Gasteiger partial charge in [-0.15, -0.1) is 0 Å². The van der Waals surface area contributed by atoms with E-state index in [0.717, 1.165) is 61.4 Å². The number of pyridine rings is 1. The Bertz CT molecular complexity index is 1990. The maximum atomic E-state index is 14.9. The van der Waals surface area contributed by atoms with E-state index < -0.39 is 5.92 Å². The van der Waals surface area contributed by atoms with E-state index in [1.54, 1.807) is 53.7 Å². The lowest BCUT2D eigenvalue weighted by atomic mass is 9.92. The van der Waals surface area contributed by atoms with Crippen LogP contribution in [0.1, 0.15) is 39.9 Å². The molecule has 1 fully saturated rings. The number of phenolic OH excluding ortho intramolecular Hbond substituents is 1. The topological polar surface area (TPSA) is 89.5 Å².